The summed E-state index contributed by atoms with van der Waals surface area (Å²) >= 11 is 5.85. The Hall–Kier alpha value is -3.97. The summed E-state index contributed by atoms with van der Waals surface area (Å²) < 4.78 is 11.3. The number of hydrogen-bond donors (Lipinski definition) is 1. The van der Waals surface area contributed by atoms with Crippen LogP contribution >= 0.6 is 12.2 Å². The van der Waals surface area contributed by atoms with Gasteiger partial charge in [0.25, 0.3) is 5.89 Å². The zero-order chi connectivity index (χ0) is 25.2. The largest absolute Gasteiger partial charge is 0.497 e. The van der Waals surface area contributed by atoms with Crippen LogP contribution in [0.3, 0.4) is 0 Å². The van der Waals surface area contributed by atoms with Gasteiger partial charge in [0, 0.05) is 17.3 Å². The Balaban J connectivity index is 1.63. The third-order valence-corrected chi connectivity index (χ3v) is 6.78. The number of nitrogens with zero attached hydrogens (tertiary/aromatic N) is 3. The number of aromatic nitrogens is 2. The summed E-state index contributed by atoms with van der Waals surface area (Å²) in [6.07, 6.45) is 0.980. The number of benzene rings is 3. The van der Waals surface area contributed by atoms with Gasteiger partial charge in [-0.05, 0) is 55.7 Å². The molecular formula is C29H28N4O2S. The van der Waals surface area contributed by atoms with Crippen molar-refractivity contribution < 1.29 is 9.26 Å². The standard InChI is InChI=1S/C29H28N4O2S/c1-5-20-11-15-22(16-12-20)27-31-28(35-32-27)25-19(3)33(23-7-6-8-24(17-23)34-4)29(36)30-26(25)21-13-9-18(2)10-14-21/h6-17,26H,5H2,1-4H3,(H,30,36). The summed E-state index contributed by atoms with van der Waals surface area (Å²) in [4.78, 5) is 6.80. The van der Waals surface area contributed by atoms with Gasteiger partial charge in [-0.1, -0.05) is 72.2 Å². The highest BCUT2D eigenvalue weighted by Gasteiger charge is 2.34. The first-order chi connectivity index (χ1) is 17.5. The highest BCUT2D eigenvalue weighted by molar-refractivity contribution is 7.80. The van der Waals surface area contributed by atoms with E-state index >= 15 is 0 Å². The van der Waals surface area contributed by atoms with Crippen molar-refractivity contribution in [2.75, 3.05) is 12.0 Å². The number of allylic oxidation sites excluding steroid dienone is 1. The van der Waals surface area contributed by atoms with Gasteiger partial charge in [0.2, 0.25) is 5.82 Å². The second-order valence-corrected chi connectivity index (χ2v) is 9.19. The summed E-state index contributed by atoms with van der Waals surface area (Å²) in [6, 6.07) is 24.2. The van der Waals surface area contributed by atoms with E-state index < -0.39 is 0 Å². The first kappa shape index (κ1) is 23.8. The fourth-order valence-corrected chi connectivity index (χ4v) is 4.79. The van der Waals surface area contributed by atoms with Crippen molar-refractivity contribution in [2.24, 2.45) is 0 Å². The maximum absolute atomic E-state index is 5.87. The molecule has 182 valence electrons. The van der Waals surface area contributed by atoms with Gasteiger partial charge in [-0.2, -0.15) is 4.98 Å². The Bertz CT molecular complexity index is 1420. The van der Waals surface area contributed by atoms with Crippen LogP contribution in [-0.4, -0.2) is 22.4 Å². The van der Waals surface area contributed by atoms with Crippen LogP contribution in [-0.2, 0) is 6.42 Å². The highest BCUT2D eigenvalue weighted by Crippen LogP contribution is 2.39. The predicted octanol–water partition coefficient (Wildman–Crippen LogP) is 6.48. The van der Waals surface area contributed by atoms with Crippen LogP contribution in [0.4, 0.5) is 5.69 Å². The summed E-state index contributed by atoms with van der Waals surface area (Å²) in [5.74, 6) is 1.76. The van der Waals surface area contributed by atoms with Crippen molar-refractivity contribution in [2.45, 2.75) is 33.2 Å². The Kier molecular flexibility index (Phi) is 6.57. The van der Waals surface area contributed by atoms with Gasteiger partial charge in [-0.15, -0.1) is 0 Å². The van der Waals surface area contributed by atoms with E-state index in [2.05, 4.69) is 60.7 Å². The number of nitrogens with one attached hydrogen (secondary N) is 1. The summed E-state index contributed by atoms with van der Waals surface area (Å²) in [5, 5.41) is 8.42. The molecule has 36 heavy (non-hydrogen) atoms. The van der Waals surface area contributed by atoms with Gasteiger partial charge >= 0.3 is 0 Å². The van der Waals surface area contributed by atoms with Crippen molar-refractivity contribution in [3.8, 4) is 17.1 Å². The van der Waals surface area contributed by atoms with E-state index in [9.17, 15) is 0 Å². The molecule has 1 aliphatic rings. The molecule has 6 nitrogen and oxygen atoms in total. The number of ether oxygens (including phenoxy) is 1. The molecule has 5 rings (SSSR count). The van der Waals surface area contributed by atoms with Gasteiger partial charge in [0.05, 0.1) is 24.4 Å². The van der Waals surface area contributed by atoms with Gasteiger partial charge in [0.15, 0.2) is 5.11 Å². The van der Waals surface area contributed by atoms with E-state index in [1.54, 1.807) is 7.11 Å². The molecule has 0 radical (unpaired) electrons. The lowest BCUT2D eigenvalue weighted by molar-refractivity contribution is 0.404. The normalized spacial score (nSPS) is 15.7. The van der Waals surface area contributed by atoms with E-state index in [1.165, 1.54) is 11.1 Å². The molecule has 0 saturated heterocycles. The number of rotatable bonds is 6. The second-order valence-electron chi connectivity index (χ2n) is 8.80. The number of anilines is 1. The second kappa shape index (κ2) is 9.95. The van der Waals surface area contributed by atoms with Gasteiger partial charge in [0.1, 0.15) is 5.75 Å². The Labute approximate surface area is 216 Å². The third-order valence-electron chi connectivity index (χ3n) is 6.48. The molecule has 3 aromatic carbocycles. The van der Waals surface area contributed by atoms with Crippen LogP contribution in [0.15, 0.2) is 83.0 Å². The SMILES string of the molecule is CCc1ccc(-c2noc(C3=C(C)N(c4cccc(OC)c4)C(=S)NC3c3ccc(C)cc3)n2)cc1. The lowest BCUT2D eigenvalue weighted by atomic mass is 9.94. The fourth-order valence-electron chi connectivity index (χ4n) is 4.43. The molecule has 1 atom stereocenters. The van der Waals surface area contributed by atoms with Crippen molar-refractivity contribution in [1.29, 1.82) is 0 Å². The molecule has 4 aromatic rings. The Morgan fingerprint density at radius 2 is 1.78 bits per heavy atom. The maximum atomic E-state index is 5.87. The van der Waals surface area contributed by atoms with Crippen molar-refractivity contribution in [3.05, 3.63) is 101 Å². The molecule has 1 aliphatic heterocycles. The van der Waals surface area contributed by atoms with Crippen molar-refractivity contribution >= 4 is 28.6 Å². The Morgan fingerprint density at radius 3 is 2.47 bits per heavy atom. The van der Waals surface area contributed by atoms with E-state index in [0.29, 0.717) is 16.8 Å². The van der Waals surface area contributed by atoms with Gasteiger partial charge < -0.3 is 14.6 Å². The van der Waals surface area contributed by atoms with E-state index in [-0.39, 0.29) is 6.04 Å². The molecule has 1 unspecified atom stereocenters. The zero-order valence-corrected chi connectivity index (χ0v) is 21.6. The minimum atomic E-state index is -0.240. The van der Waals surface area contributed by atoms with E-state index in [0.717, 1.165) is 40.3 Å². The number of aryl methyl sites for hydroxylation is 2. The highest BCUT2D eigenvalue weighted by atomic mass is 32.1. The van der Waals surface area contributed by atoms with E-state index in [4.69, 9.17) is 26.5 Å². The fraction of sp³-hybridized carbons (Fsp3) is 0.207. The molecule has 0 saturated carbocycles. The van der Waals surface area contributed by atoms with Gasteiger partial charge in [-0.3, -0.25) is 4.90 Å². The van der Waals surface area contributed by atoms with Crippen LogP contribution < -0.4 is 15.0 Å². The Morgan fingerprint density at radius 1 is 1.03 bits per heavy atom. The van der Waals surface area contributed by atoms with Crippen molar-refractivity contribution in [1.82, 2.24) is 15.5 Å². The predicted molar refractivity (Wildman–Crippen MR) is 147 cm³/mol. The zero-order valence-electron chi connectivity index (χ0n) is 20.8. The van der Waals surface area contributed by atoms with Crippen LogP contribution in [0.25, 0.3) is 17.0 Å². The van der Waals surface area contributed by atoms with Crippen molar-refractivity contribution in [3.63, 3.8) is 0 Å². The molecule has 1 N–H and O–H groups in total. The topological polar surface area (TPSA) is 63.4 Å². The summed E-state index contributed by atoms with van der Waals surface area (Å²) in [5.41, 5.74) is 7.10. The van der Waals surface area contributed by atoms with Gasteiger partial charge in [-0.25, -0.2) is 0 Å². The number of thiocarbonyl (C=S) groups is 1. The number of methoxy groups -OCH3 is 1. The molecular weight excluding hydrogens is 468 g/mol. The first-order valence-electron chi connectivity index (χ1n) is 11.9. The quantitative estimate of drug-likeness (QED) is 0.306. The minimum Gasteiger partial charge on any atom is -0.497 e. The molecule has 2 heterocycles. The maximum Gasteiger partial charge on any atom is 0.258 e. The molecule has 7 heteroatoms. The monoisotopic (exact) mass is 496 g/mol. The number of hydrogen-bond acceptors (Lipinski definition) is 5. The van der Waals surface area contributed by atoms with Crippen LogP contribution in [0, 0.1) is 6.92 Å². The smallest absolute Gasteiger partial charge is 0.258 e. The van der Waals surface area contributed by atoms with Crippen LogP contribution in [0.5, 0.6) is 5.75 Å². The lowest BCUT2D eigenvalue weighted by Gasteiger charge is -2.37. The average molecular weight is 497 g/mol. The van der Waals surface area contributed by atoms with E-state index in [1.807, 2.05) is 48.2 Å². The third kappa shape index (κ3) is 4.50. The summed E-state index contributed by atoms with van der Waals surface area (Å²) in [7, 11) is 1.65. The lowest BCUT2D eigenvalue weighted by Crippen LogP contribution is -2.46. The minimum absolute atomic E-state index is 0.240. The first-order valence-corrected chi connectivity index (χ1v) is 12.3. The molecule has 0 bridgehead atoms. The molecule has 0 aliphatic carbocycles. The van der Waals surface area contributed by atoms with Crippen LogP contribution in [0.1, 0.15) is 42.5 Å². The summed E-state index contributed by atoms with van der Waals surface area (Å²) in [6.45, 7) is 6.24. The molecule has 0 spiro atoms. The average Bonchev–Trinajstić information content (AvgIpc) is 3.39. The molecule has 0 amide bonds. The molecule has 0 fully saturated rings. The van der Waals surface area contributed by atoms with Crippen LogP contribution in [0.2, 0.25) is 0 Å². The molecule has 1 aromatic heterocycles.